The summed E-state index contributed by atoms with van der Waals surface area (Å²) < 4.78 is 2.59. The van der Waals surface area contributed by atoms with E-state index in [0.29, 0.717) is 17.0 Å². The Morgan fingerprint density at radius 2 is 1.97 bits per heavy atom. The van der Waals surface area contributed by atoms with Crippen LogP contribution < -0.4 is 10.9 Å². The molecule has 0 saturated carbocycles. The lowest BCUT2D eigenvalue weighted by Crippen LogP contribution is -2.44. The van der Waals surface area contributed by atoms with Crippen LogP contribution in [-0.2, 0) is 16.1 Å². The number of halogens is 1. The first-order chi connectivity index (χ1) is 14.7. The Morgan fingerprint density at radius 1 is 1.23 bits per heavy atom. The first kappa shape index (κ1) is 22.7. The Morgan fingerprint density at radius 3 is 2.61 bits per heavy atom. The fraction of sp³-hybridized carbons (Fsp3) is 0.273. The van der Waals surface area contributed by atoms with Gasteiger partial charge >= 0.3 is 0 Å². The van der Waals surface area contributed by atoms with Crippen molar-refractivity contribution in [1.82, 2.24) is 14.5 Å². The fourth-order valence-electron chi connectivity index (χ4n) is 3.33. The van der Waals surface area contributed by atoms with Gasteiger partial charge in [-0.2, -0.15) is 0 Å². The molecule has 0 aliphatic heterocycles. The predicted octanol–water partition coefficient (Wildman–Crippen LogP) is 2.67. The van der Waals surface area contributed by atoms with Crippen LogP contribution in [-0.4, -0.2) is 52.5 Å². The normalized spacial score (nSPS) is 11.0. The summed E-state index contributed by atoms with van der Waals surface area (Å²) >= 11 is 3.42. The molecule has 9 heteroatoms. The number of Topliss-reactive ketones (excluding diaryl/α,β-unsaturated/α-hetero) is 1. The smallest absolute Gasteiger partial charge is 0.245 e. The monoisotopic (exact) mass is 480 g/mol. The third kappa shape index (κ3) is 5.41. The molecule has 1 N–H and O–H groups in total. The van der Waals surface area contributed by atoms with Crippen LogP contribution in [0.5, 0.6) is 0 Å². The van der Waals surface area contributed by atoms with Crippen molar-refractivity contribution in [2.24, 2.45) is 0 Å². The molecule has 31 heavy (non-hydrogen) atoms. The van der Waals surface area contributed by atoms with Crippen LogP contribution in [0.3, 0.4) is 0 Å². The highest BCUT2D eigenvalue weighted by Gasteiger charge is 2.22. The number of nitrogens with zero attached hydrogens (tertiary/aromatic N) is 3. The van der Waals surface area contributed by atoms with Gasteiger partial charge in [0.25, 0.3) is 0 Å². The molecule has 0 aliphatic rings. The van der Waals surface area contributed by atoms with E-state index in [9.17, 15) is 14.4 Å². The number of pyridine rings is 1. The van der Waals surface area contributed by atoms with Crippen LogP contribution >= 0.6 is 15.9 Å². The largest absolute Gasteiger partial charge is 0.337 e. The van der Waals surface area contributed by atoms with Crippen molar-refractivity contribution in [3.05, 3.63) is 52.6 Å². The number of carbonyl (C=O) groups is 3. The van der Waals surface area contributed by atoms with Gasteiger partial charge in [-0.25, -0.2) is 4.98 Å². The van der Waals surface area contributed by atoms with Gasteiger partial charge in [0.05, 0.1) is 0 Å². The van der Waals surface area contributed by atoms with E-state index in [2.05, 4.69) is 26.2 Å². The highest BCUT2D eigenvalue weighted by atomic mass is 79.9. The molecule has 7 nitrogen and oxygen atoms in total. The maximum atomic E-state index is 13.1. The first-order valence-corrected chi connectivity index (χ1v) is 10.6. The zero-order chi connectivity index (χ0) is 22.7. The maximum Gasteiger partial charge on any atom is 0.245 e. The average Bonchev–Trinajstić information content (AvgIpc) is 3.03. The number of hydrogen-bond acceptors (Lipinski definition) is 4. The topological polar surface area (TPSA) is 84.3 Å². The van der Waals surface area contributed by atoms with E-state index in [1.165, 1.54) is 11.8 Å². The maximum absolute atomic E-state index is 13.1. The van der Waals surface area contributed by atoms with Crippen molar-refractivity contribution in [3.63, 3.8) is 0 Å². The number of anilines is 1. The molecule has 0 aliphatic carbocycles. The fourth-order valence-corrected chi connectivity index (χ4v) is 3.70. The van der Waals surface area contributed by atoms with Crippen molar-refractivity contribution < 1.29 is 14.4 Å². The highest BCUT2D eigenvalue weighted by Crippen LogP contribution is 2.26. The molecule has 0 saturated heterocycles. The molecule has 0 bridgehead atoms. The standard InChI is InChI=1S/C22H22BBrN4O3/c1-13(2)28(11-21(30)26-20-6-4-5-19(23)25-20)22(31)12-27-10-17(14(3)29)16-9-15(24)7-8-18(16)27/h4-10,13H,11-12H2,1-3H3,(H,25,26,30). The van der Waals surface area contributed by atoms with E-state index in [1.54, 1.807) is 29.0 Å². The number of nitrogens with one attached hydrogen (secondary N) is 1. The second kappa shape index (κ2) is 9.47. The van der Waals surface area contributed by atoms with Gasteiger partial charge in [0.1, 0.15) is 26.8 Å². The third-order valence-corrected chi connectivity index (χ3v) is 5.32. The molecule has 2 aromatic heterocycles. The van der Waals surface area contributed by atoms with Crippen LogP contribution in [0, 0.1) is 0 Å². The van der Waals surface area contributed by atoms with Crippen LogP contribution in [0.2, 0.25) is 0 Å². The molecule has 2 amide bonds. The highest BCUT2D eigenvalue weighted by molar-refractivity contribution is 9.10. The number of benzene rings is 1. The van der Waals surface area contributed by atoms with Crippen LogP contribution in [0.1, 0.15) is 31.1 Å². The zero-order valence-corrected chi connectivity index (χ0v) is 19.1. The minimum atomic E-state index is -0.370. The lowest BCUT2D eigenvalue weighted by atomic mass is 10.0. The minimum Gasteiger partial charge on any atom is -0.337 e. The van der Waals surface area contributed by atoms with Crippen LogP contribution in [0.25, 0.3) is 10.9 Å². The number of rotatable bonds is 7. The van der Waals surface area contributed by atoms with E-state index in [1.807, 2.05) is 32.0 Å². The summed E-state index contributed by atoms with van der Waals surface area (Å²) in [4.78, 5) is 43.2. The van der Waals surface area contributed by atoms with Gasteiger partial charge in [-0.1, -0.05) is 28.1 Å². The molecule has 2 radical (unpaired) electrons. The Balaban J connectivity index is 1.79. The van der Waals surface area contributed by atoms with Crippen molar-refractivity contribution in [1.29, 1.82) is 0 Å². The van der Waals surface area contributed by atoms with Gasteiger partial charge in [0.2, 0.25) is 11.8 Å². The quantitative estimate of drug-likeness (QED) is 0.416. The molecule has 2 heterocycles. The van der Waals surface area contributed by atoms with E-state index < -0.39 is 0 Å². The number of amides is 2. The number of aromatic nitrogens is 2. The summed E-state index contributed by atoms with van der Waals surface area (Å²) in [6.45, 7) is 5.06. The van der Waals surface area contributed by atoms with Gasteiger partial charge in [-0.3, -0.25) is 14.4 Å². The molecule has 3 rings (SSSR count). The zero-order valence-electron chi connectivity index (χ0n) is 17.6. The van der Waals surface area contributed by atoms with Gasteiger partial charge in [-0.05, 0) is 50.6 Å². The second-order valence-electron chi connectivity index (χ2n) is 7.50. The SMILES string of the molecule is [B]c1cccc(NC(=O)CN(C(=O)Cn2cc(C(C)=O)c3cc(Br)ccc32)C(C)C)n1. The predicted molar refractivity (Wildman–Crippen MR) is 125 cm³/mol. The third-order valence-electron chi connectivity index (χ3n) is 4.82. The Hall–Kier alpha value is -2.94. The van der Waals surface area contributed by atoms with E-state index in [0.717, 1.165) is 15.4 Å². The molecule has 1 aromatic carbocycles. The lowest BCUT2D eigenvalue weighted by molar-refractivity contribution is -0.136. The van der Waals surface area contributed by atoms with E-state index in [4.69, 9.17) is 7.85 Å². The second-order valence-corrected chi connectivity index (χ2v) is 8.42. The molecule has 158 valence electrons. The van der Waals surface area contributed by atoms with Crippen molar-refractivity contribution in [2.75, 3.05) is 11.9 Å². The lowest BCUT2D eigenvalue weighted by Gasteiger charge is -2.26. The van der Waals surface area contributed by atoms with Crippen molar-refractivity contribution >= 4 is 63.7 Å². The number of fused-ring (bicyclic) bond motifs is 1. The number of carbonyl (C=O) groups excluding carboxylic acids is 3. The van der Waals surface area contributed by atoms with Crippen molar-refractivity contribution in [2.45, 2.75) is 33.4 Å². The molecule has 3 aromatic rings. The summed E-state index contributed by atoms with van der Waals surface area (Å²) in [5.74, 6) is -0.357. The van der Waals surface area contributed by atoms with E-state index >= 15 is 0 Å². The summed E-state index contributed by atoms with van der Waals surface area (Å²) in [7, 11) is 5.64. The first-order valence-electron chi connectivity index (χ1n) is 9.77. The summed E-state index contributed by atoms with van der Waals surface area (Å²) in [5, 5.41) is 3.44. The molecular formula is C22H22BBrN4O3. The molecule has 0 fully saturated rings. The van der Waals surface area contributed by atoms with E-state index in [-0.39, 0.29) is 36.7 Å². The average molecular weight is 481 g/mol. The summed E-state index contributed by atoms with van der Waals surface area (Å²) in [6, 6.07) is 10.3. The summed E-state index contributed by atoms with van der Waals surface area (Å²) in [5.41, 5.74) is 1.62. The molecule has 0 atom stereocenters. The van der Waals surface area contributed by atoms with Crippen LogP contribution in [0.15, 0.2) is 47.1 Å². The molecular weight excluding hydrogens is 459 g/mol. The number of ketones is 1. The Kier molecular flexibility index (Phi) is 6.95. The van der Waals surface area contributed by atoms with Gasteiger partial charge < -0.3 is 14.8 Å². The van der Waals surface area contributed by atoms with Gasteiger partial charge in [-0.15, -0.1) is 0 Å². The Labute approximate surface area is 190 Å². The number of hydrogen-bond donors (Lipinski definition) is 1. The minimum absolute atomic E-state index is 0.00735. The van der Waals surface area contributed by atoms with Crippen molar-refractivity contribution in [3.8, 4) is 0 Å². The van der Waals surface area contributed by atoms with Gasteiger partial charge in [0.15, 0.2) is 5.78 Å². The molecule has 0 spiro atoms. The molecule has 0 unspecified atom stereocenters. The Bertz CT molecular complexity index is 1160. The summed E-state index contributed by atoms with van der Waals surface area (Å²) in [6.07, 6.45) is 1.69. The van der Waals surface area contributed by atoms with Crippen LogP contribution in [0.4, 0.5) is 5.82 Å². The van der Waals surface area contributed by atoms with Gasteiger partial charge in [0, 0.05) is 33.2 Å².